The number of ether oxygens (including phenoxy) is 18. The lowest BCUT2D eigenvalue weighted by atomic mass is 10.1. The van der Waals surface area contributed by atoms with Crippen molar-refractivity contribution in [3.63, 3.8) is 0 Å². The van der Waals surface area contributed by atoms with Crippen LogP contribution in [0.4, 0.5) is 5.69 Å². The minimum Gasteiger partial charge on any atom is -0.492 e. The molecule has 442 valence electrons. The Bertz CT molecular complexity index is 1490. The molecule has 0 spiro atoms. The van der Waals surface area contributed by atoms with Crippen LogP contribution >= 0.6 is 0 Å². The van der Waals surface area contributed by atoms with Crippen LogP contribution in [0.1, 0.15) is 54.3 Å². The Morgan fingerprint density at radius 2 is 0.697 bits per heavy atom. The molecule has 0 saturated carbocycles. The highest BCUT2D eigenvalue weighted by Crippen LogP contribution is 2.30. The maximum absolute atomic E-state index is 13.5. The van der Waals surface area contributed by atoms with Crippen LogP contribution in [0, 0.1) is 10.1 Å². The molecule has 0 saturated heterocycles. The fraction of sp³-hybridized carbons (Fsp3) is 0.820. The van der Waals surface area contributed by atoms with Crippen molar-refractivity contribution in [2.45, 2.75) is 39.2 Å². The Morgan fingerprint density at radius 3 is 0.947 bits per heavy atom. The van der Waals surface area contributed by atoms with Gasteiger partial charge in [-0.1, -0.05) is 0 Å². The summed E-state index contributed by atoms with van der Waals surface area (Å²) in [7, 11) is 3.25. The van der Waals surface area contributed by atoms with Gasteiger partial charge in [-0.25, -0.2) is 0 Å². The van der Waals surface area contributed by atoms with E-state index in [9.17, 15) is 24.5 Å². The summed E-state index contributed by atoms with van der Waals surface area (Å²) >= 11 is 0. The molecule has 0 heterocycles. The molecule has 0 aliphatic rings. The summed E-state index contributed by atoms with van der Waals surface area (Å²) in [5.41, 5.74) is -1.70. The number of nitrogens with one attached hydrogen (secondary N) is 2. The van der Waals surface area contributed by atoms with E-state index in [2.05, 4.69) is 10.6 Å². The molecule has 1 rings (SSSR count). The number of benzene rings is 1. The highest BCUT2D eigenvalue weighted by molar-refractivity contribution is 6.05. The first-order chi connectivity index (χ1) is 37.0. The van der Waals surface area contributed by atoms with Crippen LogP contribution in [0.15, 0.2) is 12.1 Å². The van der Waals surface area contributed by atoms with Crippen LogP contribution < -0.4 is 15.4 Å². The second-order valence-corrected chi connectivity index (χ2v) is 16.7. The number of nitrogens with zero attached hydrogens (tertiary/aromatic N) is 1. The van der Waals surface area contributed by atoms with Gasteiger partial charge in [0.25, 0.3) is 17.5 Å². The first kappa shape index (κ1) is 70.2. The summed E-state index contributed by atoms with van der Waals surface area (Å²) in [4.78, 5) is 50.6. The van der Waals surface area contributed by atoms with Crippen molar-refractivity contribution in [3.05, 3.63) is 33.4 Å². The van der Waals surface area contributed by atoms with Crippen molar-refractivity contribution < 1.29 is 105 Å². The van der Waals surface area contributed by atoms with Gasteiger partial charge in [0, 0.05) is 45.9 Å². The molecule has 0 fully saturated rings. The van der Waals surface area contributed by atoms with Gasteiger partial charge in [0.1, 0.15) is 11.4 Å². The van der Waals surface area contributed by atoms with E-state index in [4.69, 9.17) is 85.3 Å². The maximum Gasteiger partial charge on any atom is 0.306 e. The third-order valence-corrected chi connectivity index (χ3v) is 9.36. The predicted octanol–water partition coefficient (Wildman–Crippen LogP) is 2.08. The van der Waals surface area contributed by atoms with Crippen molar-refractivity contribution in [2.24, 2.45) is 0 Å². The van der Waals surface area contributed by atoms with Crippen molar-refractivity contribution >= 4 is 23.5 Å². The average Bonchev–Trinajstić information content (AvgIpc) is 3.39. The fourth-order valence-corrected chi connectivity index (χ4v) is 5.79. The van der Waals surface area contributed by atoms with Gasteiger partial charge in [-0.15, -0.1) is 0 Å². The van der Waals surface area contributed by atoms with E-state index in [0.717, 1.165) is 12.1 Å². The standard InChI is InChI=1S/C50H89N3O23/c1-50(2,3)76-46(54)7-6-10-75-47-44(48(55)51-8-11-61-17-19-65-25-27-69-33-35-73-39-37-71-31-29-67-23-21-63-15-13-59-4)41-43(53(57)58)42-45(47)49(56)52-9-12-62-18-20-66-26-28-70-34-36-74-40-38-72-32-30-68-24-22-64-16-14-60-5/h41-42H,6-40H2,1-5H3,(H,51,55)(H,52,56). The van der Waals surface area contributed by atoms with E-state index >= 15 is 0 Å². The Kier molecular flexibility index (Phi) is 46.8. The molecule has 2 amide bonds. The Balaban J connectivity index is 2.40. The molecule has 0 aliphatic heterocycles. The lowest BCUT2D eigenvalue weighted by Crippen LogP contribution is -2.31. The lowest BCUT2D eigenvalue weighted by Gasteiger charge is -2.19. The highest BCUT2D eigenvalue weighted by atomic mass is 16.6. The second-order valence-electron chi connectivity index (χ2n) is 16.7. The number of amides is 2. The molecule has 0 atom stereocenters. The molecule has 26 heteroatoms. The van der Waals surface area contributed by atoms with E-state index in [-0.39, 0.29) is 89.1 Å². The largest absolute Gasteiger partial charge is 0.492 e. The molecule has 26 nitrogen and oxygen atoms in total. The summed E-state index contributed by atoms with van der Waals surface area (Å²) in [6.07, 6.45) is 0.161. The summed E-state index contributed by atoms with van der Waals surface area (Å²) in [6, 6.07) is 2.05. The smallest absolute Gasteiger partial charge is 0.306 e. The predicted molar refractivity (Wildman–Crippen MR) is 274 cm³/mol. The first-order valence-corrected chi connectivity index (χ1v) is 25.8. The molecule has 76 heavy (non-hydrogen) atoms. The number of hydrogen-bond acceptors (Lipinski definition) is 23. The van der Waals surface area contributed by atoms with Gasteiger partial charge >= 0.3 is 5.97 Å². The van der Waals surface area contributed by atoms with E-state index in [1.807, 2.05) is 0 Å². The zero-order valence-corrected chi connectivity index (χ0v) is 45.7. The number of esters is 1. The van der Waals surface area contributed by atoms with Gasteiger partial charge in [-0.3, -0.25) is 24.5 Å². The molecule has 1 aromatic rings. The van der Waals surface area contributed by atoms with E-state index in [1.54, 1.807) is 35.0 Å². The van der Waals surface area contributed by atoms with Crippen molar-refractivity contribution in [1.82, 2.24) is 10.6 Å². The summed E-state index contributed by atoms with van der Waals surface area (Å²) in [6.45, 7) is 17.2. The third-order valence-electron chi connectivity index (χ3n) is 9.36. The number of rotatable bonds is 56. The Morgan fingerprint density at radius 1 is 0.434 bits per heavy atom. The minimum absolute atomic E-state index is 0.00978. The molecule has 0 aliphatic carbocycles. The van der Waals surface area contributed by atoms with Crippen LogP contribution in [0.2, 0.25) is 0 Å². The molecule has 0 radical (unpaired) electrons. The molecular formula is C50H89N3O23. The van der Waals surface area contributed by atoms with Crippen LogP contribution in [0.25, 0.3) is 0 Å². The van der Waals surface area contributed by atoms with Gasteiger partial charge in [0.15, 0.2) is 0 Å². The molecule has 0 aromatic heterocycles. The number of nitro benzene ring substituents is 1. The van der Waals surface area contributed by atoms with Crippen molar-refractivity contribution in [1.29, 1.82) is 0 Å². The molecule has 1 aromatic carbocycles. The quantitative estimate of drug-likeness (QED) is 0.0409. The topological polar surface area (TPSA) is 285 Å². The first-order valence-electron chi connectivity index (χ1n) is 25.8. The van der Waals surface area contributed by atoms with Gasteiger partial charge < -0.3 is 95.9 Å². The normalized spacial score (nSPS) is 11.5. The van der Waals surface area contributed by atoms with Crippen LogP contribution in [0.5, 0.6) is 5.75 Å². The number of nitro groups is 1. The van der Waals surface area contributed by atoms with Gasteiger partial charge in [0.05, 0.1) is 221 Å². The number of carbonyl (C=O) groups excluding carboxylic acids is 3. The van der Waals surface area contributed by atoms with Crippen molar-refractivity contribution in [2.75, 3.05) is 232 Å². The Hall–Kier alpha value is -3.81. The zero-order chi connectivity index (χ0) is 55.4. The summed E-state index contributed by atoms with van der Waals surface area (Å²) in [5.74, 6) is -2.14. The van der Waals surface area contributed by atoms with Crippen LogP contribution in [-0.2, 0) is 85.3 Å². The minimum atomic E-state index is -0.743. The summed E-state index contributed by atoms with van der Waals surface area (Å²) < 4.78 is 97.6. The summed E-state index contributed by atoms with van der Waals surface area (Å²) in [5, 5.41) is 17.3. The maximum atomic E-state index is 13.5. The fourth-order valence-electron chi connectivity index (χ4n) is 5.79. The molecule has 2 N–H and O–H groups in total. The third kappa shape index (κ3) is 43.2. The highest BCUT2D eigenvalue weighted by Gasteiger charge is 2.26. The monoisotopic (exact) mass is 1100 g/mol. The Labute approximate surface area is 448 Å². The van der Waals surface area contributed by atoms with Crippen LogP contribution in [-0.4, -0.2) is 260 Å². The molecular weight excluding hydrogens is 1010 g/mol. The van der Waals surface area contributed by atoms with Gasteiger partial charge in [-0.05, 0) is 27.2 Å². The lowest BCUT2D eigenvalue weighted by molar-refractivity contribution is -0.384. The number of carbonyl (C=O) groups is 3. The van der Waals surface area contributed by atoms with Gasteiger partial charge in [-0.2, -0.15) is 0 Å². The average molecular weight is 1100 g/mol. The second kappa shape index (κ2) is 50.7. The van der Waals surface area contributed by atoms with E-state index in [1.165, 1.54) is 0 Å². The number of methoxy groups -OCH3 is 2. The van der Waals surface area contributed by atoms with E-state index in [0.29, 0.717) is 159 Å². The zero-order valence-electron chi connectivity index (χ0n) is 45.7. The molecule has 0 unspecified atom stereocenters. The van der Waals surface area contributed by atoms with Crippen molar-refractivity contribution in [3.8, 4) is 5.75 Å². The van der Waals surface area contributed by atoms with E-state index < -0.39 is 34.0 Å². The molecule has 0 bridgehead atoms. The number of hydrogen-bond donors (Lipinski definition) is 2. The SMILES string of the molecule is COCCOCCOCCOCCOCCOCCOCCOCCNC(=O)c1cc([N+](=O)[O-])cc(C(=O)NCCOCCOCCOCCOCCOCCOCCOCCOC)c1OCCCC(=O)OC(C)(C)C. The van der Waals surface area contributed by atoms with Gasteiger partial charge in [0.2, 0.25) is 0 Å². The number of non-ortho nitro benzene ring substituents is 1. The van der Waals surface area contributed by atoms with Crippen LogP contribution in [0.3, 0.4) is 0 Å².